The maximum Gasteiger partial charge on any atom is 0.306 e. The predicted octanol–water partition coefficient (Wildman–Crippen LogP) is 14.6. The molecule has 9 nitrogen and oxygen atoms in total. The van der Waals surface area contributed by atoms with E-state index < -0.39 is 24.3 Å². The van der Waals surface area contributed by atoms with E-state index >= 15 is 0 Å². The van der Waals surface area contributed by atoms with Gasteiger partial charge in [0.25, 0.3) is 0 Å². The molecular weight excluding hydrogens is 827 g/mol. The number of esters is 2. The summed E-state index contributed by atoms with van der Waals surface area (Å²) in [6, 6.07) is 0. The zero-order valence-electron chi connectivity index (χ0n) is 44.1. The Kier molecular flexibility index (Phi) is 47.5. The van der Waals surface area contributed by atoms with E-state index in [1.165, 1.54) is 193 Å². The number of carbonyl (C=O) groups excluding carboxylic acids is 3. The smallest absolute Gasteiger partial charge is 0.306 e. The van der Waals surface area contributed by atoms with Gasteiger partial charge in [0.2, 0.25) is 0 Å². The number of quaternary nitrogens is 1. The lowest BCUT2D eigenvalue weighted by Crippen LogP contribution is -2.44. The first-order chi connectivity index (χ1) is 32.1. The summed E-state index contributed by atoms with van der Waals surface area (Å²) in [5, 5.41) is 11.7. The molecule has 388 valence electrons. The number of nitrogens with zero attached hydrogens (tertiary/aromatic N) is 1. The number of rotatable bonds is 52. The largest absolute Gasteiger partial charge is 0.545 e. The van der Waals surface area contributed by atoms with Crippen LogP contribution >= 0.6 is 0 Å². The van der Waals surface area contributed by atoms with Crippen LogP contribution in [0.25, 0.3) is 0 Å². The average molecular weight is 934 g/mol. The maximum atomic E-state index is 12.8. The van der Waals surface area contributed by atoms with Gasteiger partial charge < -0.3 is 33.3 Å². The fourth-order valence-corrected chi connectivity index (χ4v) is 8.10. The van der Waals surface area contributed by atoms with Crippen molar-refractivity contribution in [3.05, 3.63) is 24.3 Å². The van der Waals surface area contributed by atoms with E-state index in [-0.39, 0.29) is 32.2 Å². The molecule has 0 bridgehead atoms. The Hall–Kier alpha value is -2.23. The van der Waals surface area contributed by atoms with Crippen molar-refractivity contribution in [1.82, 2.24) is 0 Å². The van der Waals surface area contributed by atoms with Crippen molar-refractivity contribution in [1.29, 1.82) is 0 Å². The van der Waals surface area contributed by atoms with Gasteiger partial charge in [-0.05, 0) is 44.9 Å². The molecule has 0 amide bonds. The topological polar surface area (TPSA) is 111 Å². The number of carboxylic acid groups (broad SMARTS) is 1. The minimum Gasteiger partial charge on any atom is -0.545 e. The Morgan fingerprint density at radius 2 is 0.818 bits per heavy atom. The zero-order chi connectivity index (χ0) is 48.4. The Morgan fingerprint density at radius 1 is 0.455 bits per heavy atom. The third-order valence-electron chi connectivity index (χ3n) is 12.5. The number of aliphatic carboxylic acids is 1. The third kappa shape index (κ3) is 49.7. The number of hydrogen-bond acceptors (Lipinski definition) is 8. The molecule has 0 spiro atoms. The molecule has 0 heterocycles. The molecule has 0 aliphatic carbocycles. The van der Waals surface area contributed by atoms with Crippen molar-refractivity contribution >= 4 is 17.9 Å². The van der Waals surface area contributed by atoms with Gasteiger partial charge in [-0.2, -0.15) is 0 Å². The molecule has 0 aliphatic rings. The molecule has 9 heteroatoms. The lowest BCUT2D eigenvalue weighted by molar-refractivity contribution is -0.870. The molecule has 0 aromatic heterocycles. The van der Waals surface area contributed by atoms with Crippen LogP contribution in [0.1, 0.15) is 264 Å². The van der Waals surface area contributed by atoms with Crippen molar-refractivity contribution in [2.24, 2.45) is 0 Å². The highest BCUT2D eigenvalue weighted by Gasteiger charge is 2.22. The van der Waals surface area contributed by atoms with Crippen LogP contribution < -0.4 is 5.11 Å². The monoisotopic (exact) mass is 934 g/mol. The third-order valence-corrected chi connectivity index (χ3v) is 12.5. The number of ether oxygens (including phenoxy) is 4. The summed E-state index contributed by atoms with van der Waals surface area (Å²) >= 11 is 0. The van der Waals surface area contributed by atoms with Gasteiger partial charge in [-0.3, -0.25) is 9.59 Å². The van der Waals surface area contributed by atoms with Gasteiger partial charge in [0.1, 0.15) is 13.2 Å². The molecule has 0 saturated heterocycles. The SMILES string of the molecule is CCCCCCC/C=C\C/C=C\CCCCCCCCCCCCCCCCCCCCCC(=O)OC(COC(=O)CCCCCCCCCCCC)COC(OCC[N+](C)(C)C)C(=O)[O-]. The van der Waals surface area contributed by atoms with E-state index in [2.05, 4.69) is 38.2 Å². The Labute approximate surface area is 407 Å². The highest BCUT2D eigenvalue weighted by atomic mass is 16.7. The van der Waals surface area contributed by atoms with E-state index in [0.29, 0.717) is 17.4 Å². The van der Waals surface area contributed by atoms with Crippen LogP contribution in [0.15, 0.2) is 24.3 Å². The van der Waals surface area contributed by atoms with E-state index in [9.17, 15) is 19.5 Å². The lowest BCUT2D eigenvalue weighted by atomic mass is 10.0. The van der Waals surface area contributed by atoms with E-state index in [1.807, 2.05) is 21.1 Å². The van der Waals surface area contributed by atoms with Crippen LogP contribution in [0.5, 0.6) is 0 Å². The summed E-state index contributed by atoms with van der Waals surface area (Å²) < 4.78 is 22.6. The summed E-state index contributed by atoms with van der Waals surface area (Å²) in [6.45, 7) is 4.75. The highest BCUT2D eigenvalue weighted by molar-refractivity contribution is 5.70. The van der Waals surface area contributed by atoms with Gasteiger partial charge in [0.15, 0.2) is 12.4 Å². The molecule has 0 rings (SSSR count). The first kappa shape index (κ1) is 63.8. The van der Waals surface area contributed by atoms with Crippen molar-refractivity contribution < 1.29 is 42.9 Å². The number of allylic oxidation sites excluding steroid dienone is 4. The summed E-state index contributed by atoms with van der Waals surface area (Å²) in [4.78, 5) is 37.1. The van der Waals surface area contributed by atoms with Gasteiger partial charge >= 0.3 is 11.9 Å². The van der Waals surface area contributed by atoms with Crippen molar-refractivity contribution in [3.63, 3.8) is 0 Å². The molecule has 0 aromatic rings. The maximum absolute atomic E-state index is 12.8. The standard InChI is InChI=1S/C57H107NO8/c1-6-8-10-12-14-16-18-19-20-21-22-23-24-25-26-27-28-29-30-31-32-33-34-35-36-37-38-40-42-44-46-48-55(60)66-53(52-65-57(56(61)62)63-50-49-58(3,4)5)51-64-54(59)47-45-43-41-39-17-15-13-11-9-7-2/h18-19,21-22,53,57H,6-17,20,23-52H2,1-5H3/b19-18-,22-21-. The number of carbonyl (C=O) groups is 3. The quantitative estimate of drug-likeness (QED) is 0.0195. The molecular formula is C57H107NO8. The summed E-state index contributed by atoms with van der Waals surface area (Å²) in [5.41, 5.74) is 0. The fourth-order valence-electron chi connectivity index (χ4n) is 8.10. The molecule has 0 fully saturated rings. The number of likely N-dealkylation sites (N-methyl/N-ethyl adjacent to an activating group) is 1. The van der Waals surface area contributed by atoms with E-state index in [4.69, 9.17) is 18.9 Å². The molecule has 0 aromatic carbocycles. The number of unbranched alkanes of at least 4 members (excludes halogenated alkanes) is 33. The van der Waals surface area contributed by atoms with Crippen LogP contribution in [0, 0.1) is 0 Å². The van der Waals surface area contributed by atoms with Gasteiger partial charge in [0, 0.05) is 12.8 Å². The molecule has 66 heavy (non-hydrogen) atoms. The Balaban J connectivity index is 4.04. The molecule has 2 unspecified atom stereocenters. The lowest BCUT2D eigenvalue weighted by Gasteiger charge is -2.26. The minimum atomic E-state index is -1.62. The molecule has 0 radical (unpaired) electrons. The fraction of sp³-hybridized carbons (Fsp3) is 0.877. The van der Waals surface area contributed by atoms with Gasteiger partial charge in [-0.15, -0.1) is 0 Å². The first-order valence-electron chi connectivity index (χ1n) is 28.0. The Bertz CT molecular complexity index is 1130. The van der Waals surface area contributed by atoms with E-state index in [1.54, 1.807) is 0 Å². The summed E-state index contributed by atoms with van der Waals surface area (Å²) in [6.07, 6.45) is 53.9. The average Bonchev–Trinajstić information content (AvgIpc) is 3.28. The van der Waals surface area contributed by atoms with Gasteiger partial charge in [-0.25, -0.2) is 0 Å². The van der Waals surface area contributed by atoms with Crippen LogP contribution in [-0.4, -0.2) is 82.3 Å². The van der Waals surface area contributed by atoms with Crippen LogP contribution in [0.2, 0.25) is 0 Å². The second-order valence-electron chi connectivity index (χ2n) is 20.2. The normalized spacial score (nSPS) is 12.9. The number of hydrogen-bond donors (Lipinski definition) is 0. The van der Waals surface area contributed by atoms with Crippen molar-refractivity contribution in [2.45, 2.75) is 277 Å². The predicted molar refractivity (Wildman–Crippen MR) is 274 cm³/mol. The summed E-state index contributed by atoms with van der Waals surface area (Å²) in [5.74, 6) is -2.27. The molecule has 0 saturated carbocycles. The second-order valence-corrected chi connectivity index (χ2v) is 20.2. The highest BCUT2D eigenvalue weighted by Crippen LogP contribution is 2.17. The molecule has 2 atom stereocenters. The number of carboxylic acids is 1. The summed E-state index contributed by atoms with van der Waals surface area (Å²) in [7, 11) is 5.92. The van der Waals surface area contributed by atoms with E-state index in [0.717, 1.165) is 44.9 Å². The molecule has 0 N–H and O–H groups in total. The van der Waals surface area contributed by atoms with Crippen molar-refractivity contribution in [3.8, 4) is 0 Å². The first-order valence-corrected chi connectivity index (χ1v) is 28.0. The van der Waals surface area contributed by atoms with Gasteiger partial charge in [-0.1, -0.05) is 231 Å². The minimum absolute atomic E-state index is 0.151. The second kappa shape index (κ2) is 49.2. The molecule has 0 aliphatic heterocycles. The zero-order valence-corrected chi connectivity index (χ0v) is 44.1. The Morgan fingerprint density at radius 3 is 1.20 bits per heavy atom. The van der Waals surface area contributed by atoms with Crippen LogP contribution in [0.4, 0.5) is 0 Å². The van der Waals surface area contributed by atoms with Crippen LogP contribution in [0.3, 0.4) is 0 Å². The van der Waals surface area contributed by atoms with Crippen LogP contribution in [-0.2, 0) is 33.3 Å². The van der Waals surface area contributed by atoms with Crippen molar-refractivity contribution in [2.75, 3.05) is 47.5 Å². The van der Waals surface area contributed by atoms with Gasteiger partial charge in [0.05, 0.1) is 40.3 Å².